The number of nitrogens with one attached hydrogen (secondary N) is 3. The molecule has 2 aromatic carbocycles. The third-order valence-electron chi connectivity index (χ3n) is 4.39. The van der Waals surface area contributed by atoms with E-state index in [0.717, 1.165) is 0 Å². The summed E-state index contributed by atoms with van der Waals surface area (Å²) in [6, 6.07) is 14.1. The lowest BCUT2D eigenvalue weighted by atomic mass is 10.0. The first kappa shape index (κ1) is 22.9. The zero-order valence-electron chi connectivity index (χ0n) is 17.8. The van der Waals surface area contributed by atoms with Crippen LogP contribution in [0.3, 0.4) is 0 Å². The minimum Gasteiger partial charge on any atom is -0.383 e. The molecule has 32 heavy (non-hydrogen) atoms. The second-order valence-electron chi connectivity index (χ2n) is 7.22. The van der Waals surface area contributed by atoms with Gasteiger partial charge in [0.2, 0.25) is 5.91 Å². The van der Waals surface area contributed by atoms with Crippen LogP contribution in [0.25, 0.3) is 0 Å². The molecule has 164 valence electrons. The molecule has 0 spiro atoms. The molecule has 0 fully saturated rings. The Morgan fingerprint density at radius 1 is 1.16 bits per heavy atom. The van der Waals surface area contributed by atoms with Gasteiger partial charge in [0.25, 0.3) is 0 Å². The van der Waals surface area contributed by atoms with Crippen molar-refractivity contribution in [2.45, 2.75) is 0 Å². The van der Waals surface area contributed by atoms with Crippen LogP contribution in [-0.4, -0.2) is 47.1 Å². The molecule has 0 atom stereocenters. The summed E-state index contributed by atoms with van der Waals surface area (Å²) in [5.41, 5.74) is 8.53. The normalized spacial score (nSPS) is 11.0. The van der Waals surface area contributed by atoms with Crippen molar-refractivity contribution in [2.75, 3.05) is 37.0 Å². The van der Waals surface area contributed by atoms with E-state index < -0.39 is 0 Å². The summed E-state index contributed by atoms with van der Waals surface area (Å²) in [5.74, 6) is 0.338. The van der Waals surface area contributed by atoms with E-state index in [9.17, 15) is 4.79 Å². The lowest BCUT2D eigenvalue weighted by Crippen LogP contribution is -2.13. The number of likely N-dealkylation sites (N-methyl/N-ethyl adjacent to an activating group) is 1. The molecular formula is C23H24ClN7O. The molecule has 1 heterocycles. The molecular weight excluding hydrogens is 426 g/mol. The van der Waals surface area contributed by atoms with E-state index in [1.54, 1.807) is 48.5 Å². The van der Waals surface area contributed by atoms with Gasteiger partial charge in [0, 0.05) is 34.6 Å². The van der Waals surface area contributed by atoms with Crippen LogP contribution in [0.4, 0.5) is 23.0 Å². The van der Waals surface area contributed by atoms with E-state index in [2.05, 4.69) is 20.6 Å². The highest BCUT2D eigenvalue weighted by molar-refractivity contribution is 6.30. The van der Waals surface area contributed by atoms with Crippen LogP contribution in [0.5, 0.6) is 0 Å². The van der Waals surface area contributed by atoms with Gasteiger partial charge in [-0.05, 0) is 44.4 Å². The smallest absolute Gasteiger partial charge is 0.248 e. The van der Waals surface area contributed by atoms with Gasteiger partial charge in [-0.1, -0.05) is 35.9 Å². The molecule has 0 aliphatic rings. The maximum Gasteiger partial charge on any atom is 0.248 e. The van der Waals surface area contributed by atoms with Crippen molar-refractivity contribution in [3.8, 4) is 0 Å². The average Bonchev–Trinajstić information content (AvgIpc) is 2.74. The molecule has 1 amide bonds. The largest absolute Gasteiger partial charge is 0.383 e. The van der Waals surface area contributed by atoms with E-state index in [1.165, 1.54) is 12.4 Å². The fraction of sp³-hybridized carbons (Fsp3) is 0.130. The van der Waals surface area contributed by atoms with E-state index in [0.29, 0.717) is 39.9 Å². The summed E-state index contributed by atoms with van der Waals surface area (Å²) in [5, 5.41) is 15.2. The third-order valence-corrected chi connectivity index (χ3v) is 4.64. The van der Waals surface area contributed by atoms with Crippen molar-refractivity contribution >= 4 is 46.2 Å². The molecule has 0 aliphatic carbocycles. The molecule has 3 aromatic rings. The fourth-order valence-electron chi connectivity index (χ4n) is 2.87. The van der Waals surface area contributed by atoms with Crippen LogP contribution in [0, 0.1) is 5.41 Å². The van der Waals surface area contributed by atoms with Gasteiger partial charge in [-0.15, -0.1) is 0 Å². The molecule has 1 aromatic heterocycles. The van der Waals surface area contributed by atoms with Gasteiger partial charge in [0.1, 0.15) is 18.0 Å². The van der Waals surface area contributed by atoms with Crippen LogP contribution in [0.1, 0.15) is 11.1 Å². The molecule has 0 aliphatic heterocycles. The number of rotatable bonds is 8. The van der Waals surface area contributed by atoms with Gasteiger partial charge in [0.05, 0.1) is 11.3 Å². The number of carbonyl (C=O) groups is 1. The van der Waals surface area contributed by atoms with Crippen LogP contribution in [-0.2, 0) is 4.79 Å². The van der Waals surface area contributed by atoms with Crippen molar-refractivity contribution < 1.29 is 4.79 Å². The lowest BCUT2D eigenvalue weighted by molar-refractivity contribution is -0.111. The first-order chi connectivity index (χ1) is 15.3. The van der Waals surface area contributed by atoms with Gasteiger partial charge >= 0.3 is 0 Å². The monoisotopic (exact) mass is 449 g/mol. The minimum absolute atomic E-state index is 0.165. The molecule has 5 N–H and O–H groups in total. The Balaban J connectivity index is 1.81. The number of aromatic nitrogens is 2. The van der Waals surface area contributed by atoms with Crippen molar-refractivity contribution in [1.82, 2.24) is 14.9 Å². The lowest BCUT2D eigenvalue weighted by Gasteiger charge is -2.14. The highest BCUT2D eigenvalue weighted by Crippen LogP contribution is 2.26. The predicted molar refractivity (Wildman–Crippen MR) is 130 cm³/mol. The summed E-state index contributed by atoms with van der Waals surface area (Å²) in [6.45, 7) is 0.673. The van der Waals surface area contributed by atoms with Gasteiger partial charge in [-0.3, -0.25) is 10.2 Å². The Kier molecular flexibility index (Phi) is 7.54. The summed E-state index contributed by atoms with van der Waals surface area (Å²) in [4.78, 5) is 22.4. The van der Waals surface area contributed by atoms with Crippen LogP contribution >= 0.6 is 11.6 Å². The highest BCUT2D eigenvalue weighted by atomic mass is 35.5. The number of nitrogens with zero attached hydrogens (tertiary/aromatic N) is 3. The number of hydrogen-bond acceptors (Lipinski definition) is 7. The predicted octanol–water partition coefficient (Wildman–Crippen LogP) is 3.93. The van der Waals surface area contributed by atoms with E-state index >= 15 is 0 Å². The minimum atomic E-state index is -0.222. The van der Waals surface area contributed by atoms with Gasteiger partial charge in [0.15, 0.2) is 0 Å². The van der Waals surface area contributed by atoms with Crippen LogP contribution < -0.4 is 16.4 Å². The topological polar surface area (TPSA) is 120 Å². The molecule has 0 radical (unpaired) electrons. The number of carbonyl (C=O) groups excluding carboxylic acids is 1. The second-order valence-corrected chi connectivity index (χ2v) is 7.66. The zero-order chi connectivity index (χ0) is 23.1. The zero-order valence-corrected chi connectivity index (χ0v) is 18.5. The Bertz CT molecular complexity index is 1140. The summed E-state index contributed by atoms with van der Waals surface area (Å²) < 4.78 is 0. The number of nitrogens with two attached hydrogens (primary N) is 1. The number of hydrogen-bond donors (Lipinski definition) is 4. The quantitative estimate of drug-likeness (QED) is 0.305. The van der Waals surface area contributed by atoms with Gasteiger partial charge < -0.3 is 21.3 Å². The van der Waals surface area contributed by atoms with Gasteiger partial charge in [-0.25, -0.2) is 9.97 Å². The maximum absolute atomic E-state index is 12.1. The number of anilines is 4. The van der Waals surface area contributed by atoms with Crippen molar-refractivity contribution in [3.63, 3.8) is 0 Å². The Labute approximate surface area is 191 Å². The van der Waals surface area contributed by atoms with Crippen molar-refractivity contribution in [2.24, 2.45) is 0 Å². The number of benzene rings is 2. The highest BCUT2D eigenvalue weighted by Gasteiger charge is 2.16. The maximum atomic E-state index is 12.1. The fourth-order valence-corrected chi connectivity index (χ4v) is 2.99. The first-order valence-corrected chi connectivity index (χ1v) is 10.2. The molecule has 3 rings (SSSR count). The Hall–Kier alpha value is -3.75. The van der Waals surface area contributed by atoms with E-state index in [1.807, 2.05) is 25.1 Å². The number of nitrogen functional groups attached to an aromatic ring is 1. The first-order valence-electron chi connectivity index (χ1n) is 9.78. The molecule has 0 saturated carbocycles. The van der Waals surface area contributed by atoms with Gasteiger partial charge in [-0.2, -0.15) is 0 Å². The number of halogens is 1. The Morgan fingerprint density at radius 3 is 2.59 bits per heavy atom. The summed E-state index contributed by atoms with van der Waals surface area (Å²) >= 11 is 5.96. The number of amides is 1. The van der Waals surface area contributed by atoms with Crippen molar-refractivity contribution in [3.05, 3.63) is 83.2 Å². The molecule has 0 saturated heterocycles. The second kappa shape index (κ2) is 10.5. The van der Waals surface area contributed by atoms with Crippen molar-refractivity contribution in [1.29, 1.82) is 5.41 Å². The SMILES string of the molecule is CN(C)CC=CC(=O)Nc1cccc(Nc2ncnc(N)c2C(=N)c2ccc(Cl)cc2)c1. The summed E-state index contributed by atoms with van der Waals surface area (Å²) in [6.07, 6.45) is 4.62. The molecule has 0 bridgehead atoms. The molecule has 8 nitrogen and oxygen atoms in total. The average molecular weight is 450 g/mol. The third kappa shape index (κ3) is 6.13. The molecule has 0 unspecified atom stereocenters. The van der Waals surface area contributed by atoms with E-state index in [4.69, 9.17) is 22.7 Å². The Morgan fingerprint density at radius 2 is 1.88 bits per heavy atom. The molecule has 9 heteroatoms. The van der Waals surface area contributed by atoms with Crippen LogP contribution in [0.2, 0.25) is 5.02 Å². The van der Waals surface area contributed by atoms with Crippen LogP contribution in [0.15, 0.2) is 67.0 Å². The standard InChI is InChI=1S/C23H24ClN7O/c1-31(2)12-4-7-19(32)29-17-5-3-6-18(13-17)30-23-20(22(26)27-14-28-23)21(25)15-8-10-16(24)11-9-15/h3-11,13-14,25H,12H2,1-2H3,(H,29,32)(H3,26,27,28,30). The van der Waals surface area contributed by atoms with E-state index in [-0.39, 0.29) is 17.4 Å². The summed E-state index contributed by atoms with van der Waals surface area (Å²) in [7, 11) is 3.86.